The van der Waals surface area contributed by atoms with Gasteiger partial charge in [0.15, 0.2) is 0 Å². The van der Waals surface area contributed by atoms with E-state index in [0.29, 0.717) is 31.6 Å². The van der Waals surface area contributed by atoms with Crippen LogP contribution in [0.1, 0.15) is 49.5 Å². The highest BCUT2D eigenvalue weighted by Crippen LogP contribution is 2.30. The summed E-state index contributed by atoms with van der Waals surface area (Å²) in [5.74, 6) is -0.902. The molecule has 3 aliphatic heterocycles. The molecule has 3 aliphatic rings. The number of carbonyl (C=O) groups is 4. The van der Waals surface area contributed by atoms with Crippen LogP contribution in [0.25, 0.3) is 0 Å². The van der Waals surface area contributed by atoms with E-state index in [4.69, 9.17) is 4.74 Å². The van der Waals surface area contributed by atoms with E-state index in [9.17, 15) is 19.2 Å². The van der Waals surface area contributed by atoms with Crippen LogP contribution < -0.4 is 10.6 Å². The lowest BCUT2D eigenvalue weighted by Crippen LogP contribution is -2.57. The largest absolute Gasteiger partial charge is 0.444 e. The van der Waals surface area contributed by atoms with E-state index in [1.807, 2.05) is 32.9 Å². The molecule has 0 radical (unpaired) electrons. The highest BCUT2D eigenvalue weighted by atomic mass is 16.6. The zero-order chi connectivity index (χ0) is 21.6. The first kappa shape index (κ1) is 20.2. The van der Waals surface area contributed by atoms with Crippen LogP contribution >= 0.6 is 0 Å². The van der Waals surface area contributed by atoms with Crippen molar-refractivity contribution in [2.24, 2.45) is 0 Å². The Labute approximate surface area is 174 Å². The molecular formula is C21H26N4O5. The molecule has 0 bridgehead atoms. The van der Waals surface area contributed by atoms with Gasteiger partial charge in [-0.25, -0.2) is 4.79 Å². The number of amides is 4. The van der Waals surface area contributed by atoms with Crippen molar-refractivity contribution in [2.75, 3.05) is 18.4 Å². The van der Waals surface area contributed by atoms with E-state index in [1.54, 1.807) is 11.0 Å². The molecule has 1 unspecified atom stereocenters. The molecule has 9 heteroatoms. The molecule has 1 aromatic carbocycles. The van der Waals surface area contributed by atoms with Crippen LogP contribution in [-0.4, -0.2) is 64.4 Å². The standard InChI is InChI=1S/C21H26N4O5/c1-21(2,3)30-20(29)24-10-14(11-24)22-13-4-5-15-12(8-13)9-25(19(15)28)16-6-7-17(26)23-18(16)27/h4-5,8,14,16,22H,6-7,9-11H2,1-3H3,(H,23,26,27). The van der Waals surface area contributed by atoms with Gasteiger partial charge in [-0.05, 0) is 51.0 Å². The molecule has 0 saturated carbocycles. The van der Waals surface area contributed by atoms with Crippen LogP contribution in [0.5, 0.6) is 0 Å². The lowest BCUT2D eigenvalue weighted by atomic mass is 10.0. The van der Waals surface area contributed by atoms with Gasteiger partial charge in [0.05, 0.1) is 6.04 Å². The molecule has 4 rings (SSSR count). The highest BCUT2D eigenvalue weighted by molar-refractivity contribution is 6.05. The number of rotatable bonds is 3. The quantitative estimate of drug-likeness (QED) is 0.726. The van der Waals surface area contributed by atoms with Gasteiger partial charge in [0.25, 0.3) is 5.91 Å². The van der Waals surface area contributed by atoms with Crippen molar-refractivity contribution in [3.8, 4) is 0 Å². The number of carbonyl (C=O) groups excluding carboxylic acids is 4. The summed E-state index contributed by atoms with van der Waals surface area (Å²) in [6.07, 6.45) is 0.261. The Kier molecular flexibility index (Phi) is 4.91. The fourth-order valence-electron chi connectivity index (χ4n) is 3.95. The Morgan fingerprint density at radius 3 is 2.60 bits per heavy atom. The Balaban J connectivity index is 1.35. The van der Waals surface area contributed by atoms with Crippen molar-refractivity contribution in [3.05, 3.63) is 29.3 Å². The molecule has 0 aliphatic carbocycles. The van der Waals surface area contributed by atoms with Gasteiger partial charge in [0, 0.05) is 37.3 Å². The minimum atomic E-state index is -0.618. The summed E-state index contributed by atoms with van der Waals surface area (Å²) >= 11 is 0. The molecule has 1 aromatic rings. The average Bonchev–Trinajstić information content (AvgIpc) is 2.92. The Hall–Kier alpha value is -3.10. The third kappa shape index (κ3) is 3.96. The first-order valence-electron chi connectivity index (χ1n) is 10.1. The van der Waals surface area contributed by atoms with Crippen molar-refractivity contribution >= 4 is 29.5 Å². The smallest absolute Gasteiger partial charge is 0.410 e. The van der Waals surface area contributed by atoms with Gasteiger partial charge in [-0.15, -0.1) is 0 Å². The predicted molar refractivity (Wildman–Crippen MR) is 108 cm³/mol. The molecule has 2 fully saturated rings. The number of anilines is 1. The highest BCUT2D eigenvalue weighted by Gasteiger charge is 2.39. The lowest BCUT2D eigenvalue weighted by molar-refractivity contribution is -0.136. The van der Waals surface area contributed by atoms with Crippen LogP contribution in [0.4, 0.5) is 10.5 Å². The Bertz CT molecular complexity index is 916. The van der Waals surface area contributed by atoms with Gasteiger partial charge in [-0.1, -0.05) is 0 Å². The first-order chi connectivity index (χ1) is 14.1. The second kappa shape index (κ2) is 7.30. The Morgan fingerprint density at radius 2 is 1.93 bits per heavy atom. The van der Waals surface area contributed by atoms with Crippen molar-refractivity contribution in [3.63, 3.8) is 0 Å². The summed E-state index contributed by atoms with van der Waals surface area (Å²) in [6.45, 7) is 6.95. The van der Waals surface area contributed by atoms with E-state index in [1.165, 1.54) is 4.90 Å². The second-order valence-corrected chi connectivity index (χ2v) is 9.00. The molecule has 0 spiro atoms. The third-order valence-corrected chi connectivity index (χ3v) is 5.43. The van der Waals surface area contributed by atoms with Crippen molar-refractivity contribution in [1.29, 1.82) is 0 Å². The lowest BCUT2D eigenvalue weighted by Gasteiger charge is -2.40. The molecule has 3 heterocycles. The molecular weight excluding hydrogens is 388 g/mol. The predicted octanol–water partition coefficient (Wildman–Crippen LogP) is 1.48. The minimum Gasteiger partial charge on any atom is -0.444 e. The van der Waals surface area contributed by atoms with Gasteiger partial charge >= 0.3 is 6.09 Å². The summed E-state index contributed by atoms with van der Waals surface area (Å²) in [5.41, 5.74) is 1.77. The van der Waals surface area contributed by atoms with Crippen molar-refractivity contribution in [1.82, 2.24) is 15.1 Å². The maximum atomic E-state index is 12.7. The van der Waals surface area contributed by atoms with Crippen molar-refractivity contribution < 1.29 is 23.9 Å². The monoisotopic (exact) mass is 414 g/mol. The molecule has 2 saturated heterocycles. The number of benzene rings is 1. The second-order valence-electron chi connectivity index (χ2n) is 9.00. The molecule has 0 aromatic heterocycles. The van der Waals surface area contributed by atoms with Gasteiger partial charge in [0.2, 0.25) is 11.8 Å². The summed E-state index contributed by atoms with van der Waals surface area (Å²) in [4.78, 5) is 51.5. The molecule has 1 atom stereocenters. The third-order valence-electron chi connectivity index (χ3n) is 5.43. The molecule has 2 N–H and O–H groups in total. The summed E-state index contributed by atoms with van der Waals surface area (Å²) in [5, 5.41) is 5.68. The Morgan fingerprint density at radius 1 is 1.20 bits per heavy atom. The summed E-state index contributed by atoms with van der Waals surface area (Å²) in [6, 6.07) is 5.00. The normalized spacial score (nSPS) is 21.8. The fraction of sp³-hybridized carbons (Fsp3) is 0.524. The van der Waals surface area contributed by atoms with Gasteiger partial charge in [-0.3, -0.25) is 19.7 Å². The van der Waals surface area contributed by atoms with E-state index < -0.39 is 17.6 Å². The molecule has 4 amide bonds. The van der Waals surface area contributed by atoms with Crippen LogP contribution in [0, 0.1) is 0 Å². The van der Waals surface area contributed by atoms with E-state index >= 15 is 0 Å². The topological polar surface area (TPSA) is 108 Å². The van der Waals surface area contributed by atoms with Gasteiger partial charge < -0.3 is 19.9 Å². The van der Waals surface area contributed by atoms with E-state index in [0.717, 1.165) is 11.3 Å². The summed E-state index contributed by atoms with van der Waals surface area (Å²) in [7, 11) is 0. The molecule has 30 heavy (non-hydrogen) atoms. The summed E-state index contributed by atoms with van der Waals surface area (Å²) < 4.78 is 5.36. The number of hydrogen-bond acceptors (Lipinski definition) is 6. The van der Waals surface area contributed by atoms with Gasteiger partial charge in [0.1, 0.15) is 11.6 Å². The fourth-order valence-corrected chi connectivity index (χ4v) is 3.95. The van der Waals surface area contributed by atoms with Crippen LogP contribution in [0.3, 0.4) is 0 Å². The molecule has 9 nitrogen and oxygen atoms in total. The van der Waals surface area contributed by atoms with Crippen LogP contribution in [-0.2, 0) is 20.9 Å². The first-order valence-corrected chi connectivity index (χ1v) is 10.1. The van der Waals surface area contributed by atoms with Crippen LogP contribution in [0.2, 0.25) is 0 Å². The maximum Gasteiger partial charge on any atom is 0.410 e. The van der Waals surface area contributed by atoms with Crippen molar-refractivity contribution in [2.45, 2.75) is 57.8 Å². The number of ether oxygens (including phenoxy) is 1. The van der Waals surface area contributed by atoms with E-state index in [2.05, 4.69) is 10.6 Å². The number of likely N-dealkylation sites (tertiary alicyclic amines) is 1. The number of nitrogens with one attached hydrogen (secondary N) is 2. The zero-order valence-corrected chi connectivity index (χ0v) is 17.4. The molecule has 160 valence electrons. The average molecular weight is 414 g/mol. The number of piperidine rings is 1. The van der Waals surface area contributed by atoms with Gasteiger partial charge in [-0.2, -0.15) is 0 Å². The number of imide groups is 1. The van der Waals surface area contributed by atoms with E-state index in [-0.39, 0.29) is 30.4 Å². The number of fused-ring (bicyclic) bond motifs is 1. The number of hydrogen-bond donors (Lipinski definition) is 2. The number of nitrogens with zero attached hydrogens (tertiary/aromatic N) is 2. The minimum absolute atomic E-state index is 0.110. The SMILES string of the molecule is CC(C)(C)OC(=O)N1CC(Nc2ccc3c(c2)CN(C2CCC(=O)NC2=O)C3=O)C1. The van der Waals surface area contributed by atoms with Crippen LogP contribution in [0.15, 0.2) is 18.2 Å². The maximum absolute atomic E-state index is 12.7. The zero-order valence-electron chi connectivity index (χ0n) is 17.4.